The number of thiophene rings is 2. The average Bonchev–Trinajstić information content (AvgIpc) is 3.92. The number of aryl methyl sites for hydroxylation is 2. The minimum atomic E-state index is 0.870. The van der Waals surface area contributed by atoms with Gasteiger partial charge >= 0.3 is 0 Å². The summed E-state index contributed by atoms with van der Waals surface area (Å²) in [6.45, 7) is 4.56. The van der Waals surface area contributed by atoms with Crippen molar-refractivity contribution in [2.45, 2.75) is 104 Å². The minimum Gasteiger partial charge on any atom is -0.243 e. The van der Waals surface area contributed by atoms with E-state index in [0.717, 1.165) is 64.0 Å². The molecule has 48 heavy (non-hydrogen) atoms. The number of benzene rings is 1. The Morgan fingerprint density at radius 1 is 0.500 bits per heavy atom. The number of halogens is 2. The summed E-state index contributed by atoms with van der Waals surface area (Å²) in [4.78, 5) is 25.7. The van der Waals surface area contributed by atoms with Crippen molar-refractivity contribution in [3.63, 3.8) is 0 Å². The molecule has 0 saturated carbocycles. The summed E-state index contributed by atoms with van der Waals surface area (Å²) in [5, 5.41) is 1.86. The van der Waals surface area contributed by atoms with Gasteiger partial charge in [0.05, 0.1) is 29.7 Å². The van der Waals surface area contributed by atoms with Crippen LogP contribution in [0.15, 0.2) is 56.4 Å². The molecule has 1 aromatic carbocycles. The van der Waals surface area contributed by atoms with Crippen molar-refractivity contribution in [1.82, 2.24) is 19.9 Å². The van der Waals surface area contributed by atoms with Crippen molar-refractivity contribution in [2.75, 3.05) is 0 Å². The number of thiazole rings is 2. The highest BCUT2D eigenvalue weighted by Gasteiger charge is 2.22. The van der Waals surface area contributed by atoms with Gasteiger partial charge in [-0.3, -0.25) is 0 Å². The van der Waals surface area contributed by atoms with E-state index in [2.05, 4.69) is 82.1 Å². The highest BCUT2D eigenvalue weighted by molar-refractivity contribution is 9.11. The zero-order valence-corrected chi connectivity index (χ0v) is 34.1. The summed E-state index contributed by atoms with van der Waals surface area (Å²) >= 11 is 14.3. The Labute approximate surface area is 317 Å². The first-order chi connectivity index (χ1) is 23.5. The Morgan fingerprint density at radius 3 is 1.31 bits per heavy atom. The summed E-state index contributed by atoms with van der Waals surface area (Å²) in [5.41, 5.74) is 5.66. The fraction of sp³-hybridized carbons (Fsp3) is 0.421. The van der Waals surface area contributed by atoms with Gasteiger partial charge in [0.2, 0.25) is 0 Å². The molecule has 0 atom stereocenters. The summed E-state index contributed by atoms with van der Waals surface area (Å²) in [6, 6.07) is 13.4. The van der Waals surface area contributed by atoms with Crippen molar-refractivity contribution in [1.29, 1.82) is 0 Å². The molecule has 0 unspecified atom stereocenters. The van der Waals surface area contributed by atoms with Crippen LogP contribution >= 0.6 is 77.2 Å². The third-order valence-electron chi connectivity index (χ3n) is 8.58. The highest BCUT2D eigenvalue weighted by Crippen LogP contribution is 2.43. The Morgan fingerprint density at radius 2 is 0.917 bits per heavy atom. The van der Waals surface area contributed by atoms with E-state index < -0.39 is 0 Å². The molecule has 5 aromatic heterocycles. The zero-order valence-electron chi connectivity index (χ0n) is 27.7. The maximum atomic E-state index is 5.53. The third kappa shape index (κ3) is 9.09. The van der Waals surface area contributed by atoms with Crippen LogP contribution in [0.25, 0.3) is 53.3 Å². The first kappa shape index (κ1) is 36.0. The fourth-order valence-corrected chi connectivity index (χ4v) is 10.6. The third-order valence-corrected chi connectivity index (χ3v) is 13.9. The van der Waals surface area contributed by atoms with Crippen LogP contribution in [-0.4, -0.2) is 19.9 Å². The van der Waals surface area contributed by atoms with Crippen molar-refractivity contribution in [3.8, 4) is 42.3 Å². The van der Waals surface area contributed by atoms with E-state index >= 15 is 0 Å². The van der Waals surface area contributed by atoms with Gasteiger partial charge in [-0.1, -0.05) is 78.1 Å². The van der Waals surface area contributed by atoms with Crippen LogP contribution in [0.3, 0.4) is 0 Å². The lowest BCUT2D eigenvalue weighted by Crippen LogP contribution is -1.97. The molecular formula is C38H42Br2N4S4. The van der Waals surface area contributed by atoms with E-state index in [1.54, 1.807) is 22.7 Å². The van der Waals surface area contributed by atoms with Gasteiger partial charge in [-0.2, -0.15) is 0 Å². The quantitative estimate of drug-likeness (QED) is 0.0809. The van der Waals surface area contributed by atoms with Gasteiger partial charge in [-0.05, 0) is 93.9 Å². The Balaban J connectivity index is 1.40. The van der Waals surface area contributed by atoms with Gasteiger partial charge in [0.1, 0.15) is 32.4 Å². The predicted octanol–water partition coefficient (Wildman–Crippen LogP) is 14.7. The highest BCUT2D eigenvalue weighted by atomic mass is 79.9. The number of fused-ring (bicyclic) bond motifs is 1. The molecule has 0 aliphatic heterocycles. The van der Waals surface area contributed by atoms with Gasteiger partial charge in [-0.25, -0.2) is 19.9 Å². The molecule has 0 bridgehead atoms. The molecule has 0 fully saturated rings. The van der Waals surface area contributed by atoms with Crippen LogP contribution in [0.1, 0.15) is 101 Å². The van der Waals surface area contributed by atoms with Crippen LogP contribution in [-0.2, 0) is 12.8 Å². The Kier molecular flexibility index (Phi) is 13.4. The second-order valence-electron chi connectivity index (χ2n) is 12.3. The van der Waals surface area contributed by atoms with Crippen molar-refractivity contribution < 1.29 is 0 Å². The number of aromatic nitrogens is 4. The molecule has 252 valence electrons. The maximum absolute atomic E-state index is 5.53. The van der Waals surface area contributed by atoms with Crippen LogP contribution in [0.5, 0.6) is 0 Å². The lowest BCUT2D eigenvalue weighted by molar-refractivity contribution is 0.609. The maximum Gasteiger partial charge on any atom is 0.126 e. The Bertz CT molecular complexity index is 1780. The molecule has 10 heteroatoms. The van der Waals surface area contributed by atoms with Gasteiger partial charge in [0.25, 0.3) is 0 Å². The summed E-state index contributed by atoms with van der Waals surface area (Å²) in [7, 11) is 0. The lowest BCUT2D eigenvalue weighted by atomic mass is 10.1. The van der Waals surface area contributed by atoms with E-state index in [4.69, 9.17) is 19.9 Å². The molecule has 6 rings (SSSR count). The molecular weight excluding hydrogens is 801 g/mol. The van der Waals surface area contributed by atoms with Crippen molar-refractivity contribution in [2.24, 2.45) is 0 Å². The average molecular weight is 843 g/mol. The van der Waals surface area contributed by atoms with E-state index in [1.807, 2.05) is 35.1 Å². The molecule has 0 saturated heterocycles. The SMILES string of the molecule is CCCCCCCCc1ccc(-c2nc3c(-c4ncc(Br)s4)ccc(-c4ncc(Br)s4)c3nc2-c2ccc(CCCCCCCC)s2)s1. The molecule has 0 spiro atoms. The first-order valence-electron chi connectivity index (χ1n) is 17.3. The van der Waals surface area contributed by atoms with Crippen LogP contribution in [0, 0.1) is 0 Å². The standard InChI is InChI=1S/C38H42Br2N4S4/c1-3-5-7-9-11-13-15-25-17-21-29(45-25)35-36(30-22-18-26(46-30)16-14-12-10-8-6-4-2)44-34-28(38-42-24-32(40)48-38)20-19-27(33(34)43-35)37-41-23-31(39)47-37/h17-24H,3-16H2,1-2H3. The first-order valence-corrected chi connectivity index (χ1v) is 22.2. The van der Waals surface area contributed by atoms with Gasteiger partial charge in [0.15, 0.2) is 0 Å². The second kappa shape index (κ2) is 17.9. The zero-order chi connectivity index (χ0) is 33.3. The summed E-state index contributed by atoms with van der Waals surface area (Å²) < 4.78 is 2.00. The van der Waals surface area contributed by atoms with Crippen molar-refractivity contribution in [3.05, 3.63) is 66.1 Å². The Hall–Kier alpha value is -1.82. The molecule has 0 N–H and O–H groups in total. The molecule has 5 heterocycles. The number of unbranched alkanes of at least 4 members (excludes halogenated alkanes) is 10. The molecule has 0 aliphatic carbocycles. The monoisotopic (exact) mass is 840 g/mol. The van der Waals surface area contributed by atoms with Crippen molar-refractivity contribution >= 4 is 88.2 Å². The fourth-order valence-electron chi connectivity index (χ4n) is 6.02. The molecule has 0 aliphatic rings. The van der Waals surface area contributed by atoms with Crippen LogP contribution < -0.4 is 0 Å². The van der Waals surface area contributed by atoms with Gasteiger partial charge in [-0.15, -0.1) is 45.3 Å². The van der Waals surface area contributed by atoms with Gasteiger partial charge < -0.3 is 0 Å². The lowest BCUT2D eigenvalue weighted by Gasteiger charge is -2.12. The normalized spacial score (nSPS) is 11.7. The van der Waals surface area contributed by atoms with E-state index in [0.29, 0.717) is 0 Å². The number of nitrogens with zero attached hydrogens (tertiary/aromatic N) is 4. The molecule has 6 aromatic rings. The molecule has 0 amide bonds. The number of hydrogen-bond acceptors (Lipinski definition) is 8. The van der Waals surface area contributed by atoms with E-state index in [9.17, 15) is 0 Å². The second-order valence-corrected chi connectivity index (χ2v) is 19.4. The molecule has 0 radical (unpaired) electrons. The molecule has 4 nitrogen and oxygen atoms in total. The smallest absolute Gasteiger partial charge is 0.126 e. The summed E-state index contributed by atoms with van der Waals surface area (Å²) in [5.74, 6) is 0. The van der Waals surface area contributed by atoms with Crippen LogP contribution in [0.4, 0.5) is 0 Å². The van der Waals surface area contributed by atoms with Gasteiger partial charge in [0, 0.05) is 20.9 Å². The number of rotatable bonds is 18. The predicted molar refractivity (Wildman–Crippen MR) is 218 cm³/mol. The van der Waals surface area contributed by atoms with E-state index in [-0.39, 0.29) is 0 Å². The largest absolute Gasteiger partial charge is 0.243 e. The minimum absolute atomic E-state index is 0.870. The topological polar surface area (TPSA) is 51.6 Å². The van der Waals surface area contributed by atoms with Crippen LogP contribution in [0.2, 0.25) is 0 Å². The van der Waals surface area contributed by atoms with E-state index in [1.165, 1.54) is 96.6 Å². The number of hydrogen-bond donors (Lipinski definition) is 0. The summed E-state index contributed by atoms with van der Waals surface area (Å²) in [6.07, 6.45) is 21.7.